The van der Waals surface area contributed by atoms with Crippen LogP contribution in [0.25, 0.3) is 0 Å². The van der Waals surface area contributed by atoms with Crippen molar-refractivity contribution in [2.45, 2.75) is 11.4 Å². The lowest BCUT2D eigenvalue weighted by atomic mass is 10.2. The fraction of sp³-hybridized carbons (Fsp3) is 0.154. The minimum Gasteiger partial charge on any atom is -0.381 e. The van der Waals surface area contributed by atoms with Crippen LogP contribution in [0.2, 0.25) is 0 Å². The molecular weight excluding hydrogens is 216 g/mol. The van der Waals surface area contributed by atoms with Crippen molar-refractivity contribution >= 4 is 17.4 Å². The molecule has 0 spiro atoms. The second kappa shape index (κ2) is 5.56. The number of pyridine rings is 1. The highest BCUT2D eigenvalue weighted by Gasteiger charge is 1.94. The quantitative estimate of drug-likeness (QED) is 0.815. The first-order chi connectivity index (χ1) is 7.88. The van der Waals surface area contributed by atoms with Gasteiger partial charge in [-0.05, 0) is 42.2 Å². The van der Waals surface area contributed by atoms with Crippen molar-refractivity contribution in [3.8, 4) is 0 Å². The fourth-order valence-electron chi connectivity index (χ4n) is 1.42. The third-order valence-corrected chi connectivity index (χ3v) is 3.05. The number of anilines is 1. The normalized spacial score (nSPS) is 10.1. The molecule has 0 saturated carbocycles. The van der Waals surface area contributed by atoms with E-state index in [9.17, 15) is 0 Å². The molecule has 0 aliphatic heterocycles. The van der Waals surface area contributed by atoms with Gasteiger partial charge in [-0.25, -0.2) is 0 Å². The Morgan fingerprint density at radius 3 is 2.62 bits per heavy atom. The number of nitrogens with one attached hydrogen (secondary N) is 1. The number of hydrogen-bond donors (Lipinski definition) is 1. The molecule has 0 atom stereocenters. The van der Waals surface area contributed by atoms with Crippen molar-refractivity contribution in [1.29, 1.82) is 0 Å². The van der Waals surface area contributed by atoms with Crippen LogP contribution in [0.4, 0.5) is 5.69 Å². The van der Waals surface area contributed by atoms with Gasteiger partial charge in [0.2, 0.25) is 0 Å². The SMILES string of the molecule is CSc1ccc(NCc2cccnc2)cc1. The molecule has 2 aromatic rings. The Morgan fingerprint density at radius 2 is 2.00 bits per heavy atom. The van der Waals surface area contributed by atoms with Crippen molar-refractivity contribution in [2.75, 3.05) is 11.6 Å². The lowest BCUT2D eigenvalue weighted by Crippen LogP contribution is -1.99. The third-order valence-electron chi connectivity index (χ3n) is 2.31. The molecule has 1 aromatic heterocycles. The van der Waals surface area contributed by atoms with Crippen LogP contribution >= 0.6 is 11.8 Å². The Hall–Kier alpha value is -1.48. The van der Waals surface area contributed by atoms with Crippen LogP contribution in [-0.4, -0.2) is 11.2 Å². The molecule has 0 aliphatic rings. The molecule has 0 saturated heterocycles. The summed E-state index contributed by atoms with van der Waals surface area (Å²) in [4.78, 5) is 5.37. The van der Waals surface area contributed by atoms with E-state index >= 15 is 0 Å². The Balaban J connectivity index is 1.94. The van der Waals surface area contributed by atoms with Gasteiger partial charge in [0.15, 0.2) is 0 Å². The van der Waals surface area contributed by atoms with E-state index in [0.717, 1.165) is 12.2 Å². The zero-order valence-electron chi connectivity index (χ0n) is 9.18. The van der Waals surface area contributed by atoms with Crippen LogP contribution in [0.3, 0.4) is 0 Å². The molecule has 82 valence electrons. The lowest BCUT2D eigenvalue weighted by molar-refractivity contribution is 1.11. The molecule has 1 aromatic carbocycles. The third kappa shape index (κ3) is 3.00. The predicted octanol–water partition coefficient (Wildman–Crippen LogP) is 3.42. The molecule has 2 nitrogen and oxygen atoms in total. The Morgan fingerprint density at radius 1 is 1.19 bits per heavy atom. The molecule has 0 amide bonds. The van der Waals surface area contributed by atoms with Crippen LogP contribution in [0, 0.1) is 0 Å². The van der Waals surface area contributed by atoms with E-state index < -0.39 is 0 Å². The average Bonchev–Trinajstić information content (AvgIpc) is 2.38. The maximum atomic E-state index is 4.08. The number of benzene rings is 1. The smallest absolute Gasteiger partial charge is 0.0416 e. The molecule has 0 unspecified atom stereocenters. The van der Waals surface area contributed by atoms with Gasteiger partial charge >= 0.3 is 0 Å². The van der Waals surface area contributed by atoms with Gasteiger partial charge in [0, 0.05) is 29.5 Å². The van der Waals surface area contributed by atoms with E-state index in [1.54, 1.807) is 18.0 Å². The Kier molecular flexibility index (Phi) is 3.83. The Labute approximate surface area is 100 Å². The van der Waals surface area contributed by atoms with Crippen LogP contribution < -0.4 is 5.32 Å². The van der Waals surface area contributed by atoms with Gasteiger partial charge in [-0.1, -0.05) is 6.07 Å². The van der Waals surface area contributed by atoms with Crippen molar-refractivity contribution in [1.82, 2.24) is 4.98 Å². The van der Waals surface area contributed by atoms with Crippen molar-refractivity contribution in [2.24, 2.45) is 0 Å². The lowest BCUT2D eigenvalue weighted by Gasteiger charge is -2.06. The summed E-state index contributed by atoms with van der Waals surface area (Å²) >= 11 is 1.75. The van der Waals surface area contributed by atoms with Gasteiger partial charge in [0.1, 0.15) is 0 Å². The molecular formula is C13H14N2S. The molecule has 1 N–H and O–H groups in total. The summed E-state index contributed by atoms with van der Waals surface area (Å²) in [6.07, 6.45) is 5.75. The summed E-state index contributed by atoms with van der Waals surface area (Å²) in [5, 5.41) is 3.36. The van der Waals surface area contributed by atoms with Gasteiger partial charge in [0.25, 0.3) is 0 Å². The molecule has 0 aliphatic carbocycles. The first-order valence-corrected chi connectivity index (χ1v) is 6.38. The molecule has 0 bridgehead atoms. The highest BCUT2D eigenvalue weighted by Crippen LogP contribution is 2.17. The minimum absolute atomic E-state index is 0.812. The fourth-order valence-corrected chi connectivity index (χ4v) is 1.82. The maximum absolute atomic E-state index is 4.08. The molecule has 1 heterocycles. The van der Waals surface area contributed by atoms with Gasteiger partial charge in [-0.3, -0.25) is 4.98 Å². The first-order valence-electron chi connectivity index (χ1n) is 5.15. The average molecular weight is 230 g/mol. The predicted molar refractivity (Wildman–Crippen MR) is 69.8 cm³/mol. The van der Waals surface area contributed by atoms with Crippen LogP contribution in [0.15, 0.2) is 53.7 Å². The van der Waals surface area contributed by atoms with Gasteiger partial charge < -0.3 is 5.32 Å². The maximum Gasteiger partial charge on any atom is 0.0416 e. The van der Waals surface area contributed by atoms with Crippen molar-refractivity contribution < 1.29 is 0 Å². The highest BCUT2D eigenvalue weighted by atomic mass is 32.2. The number of thioether (sulfide) groups is 1. The summed E-state index contributed by atoms with van der Waals surface area (Å²) in [5.74, 6) is 0. The zero-order chi connectivity index (χ0) is 11.2. The number of hydrogen-bond acceptors (Lipinski definition) is 3. The molecule has 3 heteroatoms. The summed E-state index contributed by atoms with van der Waals surface area (Å²) in [6.45, 7) is 0.812. The first kappa shape index (κ1) is 11.0. The summed E-state index contributed by atoms with van der Waals surface area (Å²) in [5.41, 5.74) is 2.33. The monoisotopic (exact) mass is 230 g/mol. The number of nitrogens with zero attached hydrogens (tertiary/aromatic N) is 1. The van der Waals surface area contributed by atoms with E-state index in [2.05, 4.69) is 46.9 Å². The molecule has 2 rings (SSSR count). The van der Waals surface area contributed by atoms with Crippen molar-refractivity contribution in [3.05, 3.63) is 54.4 Å². The molecule has 0 radical (unpaired) electrons. The summed E-state index contributed by atoms with van der Waals surface area (Å²) < 4.78 is 0. The second-order valence-electron chi connectivity index (χ2n) is 3.44. The van der Waals surface area contributed by atoms with Crippen LogP contribution in [0.5, 0.6) is 0 Å². The van der Waals surface area contributed by atoms with Gasteiger partial charge in [-0.15, -0.1) is 11.8 Å². The van der Waals surface area contributed by atoms with E-state index in [-0.39, 0.29) is 0 Å². The van der Waals surface area contributed by atoms with Gasteiger partial charge in [0.05, 0.1) is 0 Å². The molecule has 16 heavy (non-hydrogen) atoms. The van der Waals surface area contributed by atoms with E-state index in [1.807, 2.05) is 12.3 Å². The Bertz CT molecular complexity index is 425. The number of aromatic nitrogens is 1. The second-order valence-corrected chi connectivity index (χ2v) is 4.32. The topological polar surface area (TPSA) is 24.9 Å². The summed E-state index contributed by atoms with van der Waals surface area (Å²) in [6, 6.07) is 12.5. The van der Waals surface area contributed by atoms with E-state index in [1.165, 1.54) is 10.5 Å². The van der Waals surface area contributed by atoms with Gasteiger partial charge in [-0.2, -0.15) is 0 Å². The van der Waals surface area contributed by atoms with Crippen LogP contribution in [-0.2, 0) is 6.54 Å². The largest absolute Gasteiger partial charge is 0.381 e. The highest BCUT2D eigenvalue weighted by molar-refractivity contribution is 7.98. The molecule has 0 fully saturated rings. The standard InChI is InChI=1S/C13H14N2S/c1-16-13-6-4-12(5-7-13)15-10-11-3-2-8-14-9-11/h2-9,15H,10H2,1H3. The summed E-state index contributed by atoms with van der Waals surface area (Å²) in [7, 11) is 0. The zero-order valence-corrected chi connectivity index (χ0v) is 10.00. The van der Waals surface area contributed by atoms with E-state index in [0.29, 0.717) is 0 Å². The minimum atomic E-state index is 0.812. The van der Waals surface area contributed by atoms with E-state index in [4.69, 9.17) is 0 Å². The van der Waals surface area contributed by atoms with Crippen LogP contribution in [0.1, 0.15) is 5.56 Å². The van der Waals surface area contributed by atoms with Crippen molar-refractivity contribution in [3.63, 3.8) is 0 Å². The number of rotatable bonds is 4.